The summed E-state index contributed by atoms with van der Waals surface area (Å²) >= 11 is 5.30. The average Bonchev–Trinajstić information content (AvgIpc) is 3.01. The standard InChI is InChI=1S/C15H16BrN3S/c1-17-11(13-7-8-14(16)20-13)9-15-18-10-5-3-4-6-12(10)19(15)2/h3-8,11,17H,9H2,1-2H3. The maximum atomic E-state index is 4.75. The molecule has 104 valence electrons. The van der Waals surface area contributed by atoms with Gasteiger partial charge in [-0.1, -0.05) is 12.1 Å². The fourth-order valence-electron chi connectivity index (χ4n) is 2.42. The number of benzene rings is 1. The summed E-state index contributed by atoms with van der Waals surface area (Å²) in [5.41, 5.74) is 2.25. The van der Waals surface area contributed by atoms with Crippen molar-refractivity contribution in [2.75, 3.05) is 7.05 Å². The van der Waals surface area contributed by atoms with Crippen LogP contribution in [0.1, 0.15) is 16.7 Å². The van der Waals surface area contributed by atoms with Crippen LogP contribution in [-0.2, 0) is 13.5 Å². The topological polar surface area (TPSA) is 29.9 Å². The summed E-state index contributed by atoms with van der Waals surface area (Å²) in [6.07, 6.45) is 0.884. The van der Waals surface area contributed by atoms with Gasteiger partial charge in [-0.2, -0.15) is 0 Å². The highest BCUT2D eigenvalue weighted by Crippen LogP contribution is 2.29. The molecule has 5 heteroatoms. The highest BCUT2D eigenvalue weighted by atomic mass is 79.9. The first-order valence-electron chi connectivity index (χ1n) is 6.52. The van der Waals surface area contributed by atoms with Crippen LogP contribution in [0.15, 0.2) is 40.2 Å². The molecule has 3 nitrogen and oxygen atoms in total. The van der Waals surface area contributed by atoms with Crippen LogP contribution in [0.5, 0.6) is 0 Å². The number of hydrogen-bond acceptors (Lipinski definition) is 3. The van der Waals surface area contributed by atoms with Gasteiger partial charge in [-0.15, -0.1) is 11.3 Å². The molecular weight excluding hydrogens is 334 g/mol. The summed E-state index contributed by atoms with van der Waals surface area (Å²) in [5.74, 6) is 1.11. The van der Waals surface area contributed by atoms with Crippen LogP contribution in [0.4, 0.5) is 0 Å². The zero-order valence-corrected chi connectivity index (χ0v) is 13.8. The monoisotopic (exact) mass is 349 g/mol. The Morgan fingerprint density at radius 2 is 2.10 bits per heavy atom. The van der Waals surface area contributed by atoms with E-state index in [4.69, 9.17) is 4.98 Å². The minimum absolute atomic E-state index is 0.293. The first-order chi connectivity index (χ1) is 9.69. The third-order valence-corrected chi connectivity index (χ3v) is 5.29. The molecule has 0 aliphatic heterocycles. The first-order valence-corrected chi connectivity index (χ1v) is 8.13. The number of thiophene rings is 1. The van der Waals surface area contributed by atoms with Crippen LogP contribution in [0, 0.1) is 0 Å². The number of rotatable bonds is 4. The predicted octanol–water partition coefficient (Wildman–Crippen LogP) is 3.90. The van der Waals surface area contributed by atoms with Gasteiger partial charge >= 0.3 is 0 Å². The second kappa shape index (κ2) is 5.68. The number of fused-ring (bicyclic) bond motifs is 1. The third-order valence-electron chi connectivity index (χ3n) is 3.55. The minimum Gasteiger partial charge on any atom is -0.331 e. The Hall–Kier alpha value is -1.17. The highest BCUT2D eigenvalue weighted by Gasteiger charge is 2.16. The SMILES string of the molecule is CNC(Cc1nc2ccccc2n1C)c1ccc(Br)s1. The number of imidazole rings is 1. The van der Waals surface area contributed by atoms with Gasteiger partial charge in [0.1, 0.15) is 5.82 Å². The molecule has 0 bridgehead atoms. The smallest absolute Gasteiger partial charge is 0.111 e. The van der Waals surface area contributed by atoms with Gasteiger partial charge in [-0.3, -0.25) is 0 Å². The molecule has 0 fully saturated rings. The van der Waals surface area contributed by atoms with Gasteiger partial charge < -0.3 is 9.88 Å². The Kier molecular flexibility index (Phi) is 3.92. The number of aryl methyl sites for hydroxylation is 1. The molecule has 0 saturated carbocycles. The van der Waals surface area contributed by atoms with E-state index in [9.17, 15) is 0 Å². The molecule has 0 aliphatic rings. The second-order valence-corrected chi connectivity index (χ2v) is 7.26. The fourth-order valence-corrected chi connectivity index (χ4v) is 3.95. The van der Waals surface area contributed by atoms with Crippen molar-refractivity contribution in [3.8, 4) is 0 Å². The number of para-hydroxylation sites is 2. The van der Waals surface area contributed by atoms with Crippen molar-refractivity contribution in [1.29, 1.82) is 0 Å². The zero-order chi connectivity index (χ0) is 14.1. The lowest BCUT2D eigenvalue weighted by molar-refractivity contribution is 0.574. The van der Waals surface area contributed by atoms with Crippen molar-refractivity contribution in [2.24, 2.45) is 7.05 Å². The molecule has 2 aromatic heterocycles. The lowest BCUT2D eigenvalue weighted by Gasteiger charge is -2.14. The van der Waals surface area contributed by atoms with Crippen LogP contribution in [0.2, 0.25) is 0 Å². The molecule has 2 heterocycles. The maximum Gasteiger partial charge on any atom is 0.111 e. The van der Waals surface area contributed by atoms with E-state index in [0.717, 1.165) is 21.5 Å². The summed E-state index contributed by atoms with van der Waals surface area (Å²) in [4.78, 5) is 6.07. The van der Waals surface area contributed by atoms with Crippen LogP contribution in [-0.4, -0.2) is 16.6 Å². The summed E-state index contributed by atoms with van der Waals surface area (Å²) in [7, 11) is 4.09. The van der Waals surface area contributed by atoms with Crippen LogP contribution in [0.25, 0.3) is 11.0 Å². The Morgan fingerprint density at radius 3 is 2.75 bits per heavy atom. The average molecular weight is 350 g/mol. The van der Waals surface area contributed by atoms with E-state index in [2.05, 4.69) is 63.2 Å². The second-order valence-electron chi connectivity index (χ2n) is 4.76. The molecule has 0 radical (unpaired) electrons. The first kappa shape index (κ1) is 13.8. The van der Waals surface area contributed by atoms with Gasteiger partial charge in [-0.25, -0.2) is 4.98 Å². The van der Waals surface area contributed by atoms with Gasteiger partial charge in [0, 0.05) is 24.4 Å². The molecule has 3 aromatic rings. The Bertz CT molecular complexity index is 732. The molecule has 20 heavy (non-hydrogen) atoms. The molecule has 1 unspecified atom stereocenters. The van der Waals surface area contributed by atoms with Crippen LogP contribution < -0.4 is 5.32 Å². The highest BCUT2D eigenvalue weighted by molar-refractivity contribution is 9.11. The maximum absolute atomic E-state index is 4.75. The Balaban J connectivity index is 1.93. The Morgan fingerprint density at radius 1 is 1.30 bits per heavy atom. The summed E-state index contributed by atoms with van der Waals surface area (Å²) in [6, 6.07) is 12.8. The normalized spacial score (nSPS) is 12.9. The van der Waals surface area contributed by atoms with E-state index in [1.165, 1.54) is 10.4 Å². The van der Waals surface area contributed by atoms with Crippen molar-refractivity contribution < 1.29 is 0 Å². The lowest BCUT2D eigenvalue weighted by atomic mass is 10.1. The fraction of sp³-hybridized carbons (Fsp3) is 0.267. The number of halogens is 1. The quantitative estimate of drug-likeness (QED) is 0.773. The van der Waals surface area contributed by atoms with Gasteiger partial charge in [0.2, 0.25) is 0 Å². The molecule has 1 N–H and O–H groups in total. The summed E-state index contributed by atoms with van der Waals surface area (Å²) < 4.78 is 3.35. The van der Waals surface area contributed by atoms with Gasteiger partial charge in [-0.05, 0) is 47.2 Å². The number of hydrogen-bond donors (Lipinski definition) is 1. The van der Waals surface area contributed by atoms with E-state index >= 15 is 0 Å². The van der Waals surface area contributed by atoms with Crippen LogP contribution >= 0.6 is 27.3 Å². The molecular formula is C15H16BrN3S. The van der Waals surface area contributed by atoms with Gasteiger partial charge in [0.05, 0.1) is 14.8 Å². The largest absolute Gasteiger partial charge is 0.331 e. The van der Waals surface area contributed by atoms with Crippen molar-refractivity contribution in [2.45, 2.75) is 12.5 Å². The summed E-state index contributed by atoms with van der Waals surface area (Å²) in [6.45, 7) is 0. The molecule has 3 rings (SSSR count). The number of likely N-dealkylation sites (N-methyl/N-ethyl adjacent to an activating group) is 1. The minimum atomic E-state index is 0.293. The molecule has 0 spiro atoms. The van der Waals surface area contributed by atoms with Gasteiger partial charge in [0.15, 0.2) is 0 Å². The zero-order valence-electron chi connectivity index (χ0n) is 11.4. The van der Waals surface area contributed by atoms with Crippen molar-refractivity contribution in [1.82, 2.24) is 14.9 Å². The van der Waals surface area contributed by atoms with Crippen LogP contribution in [0.3, 0.4) is 0 Å². The van der Waals surface area contributed by atoms with Crippen molar-refractivity contribution in [3.63, 3.8) is 0 Å². The van der Waals surface area contributed by atoms with E-state index in [1.54, 1.807) is 11.3 Å². The lowest BCUT2D eigenvalue weighted by Crippen LogP contribution is -2.19. The molecule has 0 amide bonds. The Labute approximate surface area is 130 Å². The van der Waals surface area contributed by atoms with Crippen molar-refractivity contribution >= 4 is 38.3 Å². The summed E-state index contributed by atoms with van der Waals surface area (Å²) in [5, 5.41) is 3.39. The number of aromatic nitrogens is 2. The van der Waals surface area contributed by atoms with Crippen molar-refractivity contribution in [3.05, 3.63) is 50.9 Å². The molecule has 1 aromatic carbocycles. The van der Waals surface area contributed by atoms with E-state index in [-0.39, 0.29) is 0 Å². The number of nitrogens with one attached hydrogen (secondary N) is 1. The third kappa shape index (κ3) is 2.53. The predicted molar refractivity (Wildman–Crippen MR) is 88.2 cm³/mol. The van der Waals surface area contributed by atoms with Gasteiger partial charge in [0.25, 0.3) is 0 Å². The van der Waals surface area contributed by atoms with E-state index < -0.39 is 0 Å². The van der Waals surface area contributed by atoms with E-state index in [0.29, 0.717) is 6.04 Å². The van der Waals surface area contributed by atoms with E-state index in [1.807, 2.05) is 13.1 Å². The number of nitrogens with zero attached hydrogens (tertiary/aromatic N) is 2. The molecule has 0 aliphatic carbocycles. The molecule has 0 saturated heterocycles. The molecule has 1 atom stereocenters.